The van der Waals surface area contributed by atoms with Gasteiger partial charge in [0.2, 0.25) is 0 Å². The van der Waals surface area contributed by atoms with Gasteiger partial charge >= 0.3 is 0 Å². The molecule has 0 fully saturated rings. The van der Waals surface area contributed by atoms with Crippen molar-refractivity contribution < 1.29 is 9.18 Å². The third kappa shape index (κ3) is 2.43. The molecule has 0 N–H and O–H groups in total. The Balaban J connectivity index is 2.98. The molecule has 0 amide bonds. The predicted octanol–water partition coefficient (Wildman–Crippen LogP) is 2.45. The van der Waals surface area contributed by atoms with Crippen LogP contribution in [0.1, 0.15) is 41.5 Å². The van der Waals surface area contributed by atoms with E-state index in [4.69, 9.17) is 0 Å². The maximum Gasteiger partial charge on any atom is 0.166 e. The normalized spacial score (nSPS) is 10.7. The second-order valence-electron chi connectivity index (χ2n) is 3.59. The molecule has 1 rings (SSSR count). The number of carbonyl (C=O) groups is 1. The number of hydrogen-bond acceptors (Lipinski definition) is 2. The summed E-state index contributed by atoms with van der Waals surface area (Å²) in [4.78, 5) is 11.6. The Morgan fingerprint density at radius 3 is 2.67 bits per heavy atom. The number of aromatic nitrogens is 2. The highest BCUT2D eigenvalue weighted by molar-refractivity contribution is 5.97. The van der Waals surface area contributed by atoms with Crippen molar-refractivity contribution in [3.8, 4) is 0 Å². The SMILES string of the molecule is CCC(=O)c1c(C)nn(CCCF)c1C. The molecule has 0 radical (unpaired) electrons. The molecule has 1 aromatic rings. The Morgan fingerprint density at radius 2 is 2.13 bits per heavy atom. The van der Waals surface area contributed by atoms with E-state index in [0.29, 0.717) is 24.9 Å². The van der Waals surface area contributed by atoms with E-state index < -0.39 is 0 Å². The molecule has 0 aliphatic carbocycles. The molecule has 84 valence electrons. The Bertz CT molecular complexity index is 358. The number of Topliss-reactive ketones (excluding diaryl/α,β-unsaturated/α-hetero) is 1. The summed E-state index contributed by atoms with van der Waals surface area (Å²) in [7, 11) is 0. The first-order valence-corrected chi connectivity index (χ1v) is 5.25. The molecule has 0 atom stereocenters. The van der Waals surface area contributed by atoms with E-state index in [9.17, 15) is 9.18 Å². The molecule has 0 bridgehead atoms. The number of alkyl halides is 1. The summed E-state index contributed by atoms with van der Waals surface area (Å²) in [6.07, 6.45) is 0.929. The van der Waals surface area contributed by atoms with Crippen molar-refractivity contribution in [1.82, 2.24) is 9.78 Å². The molecule has 1 aromatic heterocycles. The van der Waals surface area contributed by atoms with Crippen LogP contribution in [0.4, 0.5) is 4.39 Å². The molecule has 0 spiro atoms. The third-order valence-corrected chi connectivity index (χ3v) is 2.48. The van der Waals surface area contributed by atoms with Crippen LogP contribution in [0.2, 0.25) is 0 Å². The van der Waals surface area contributed by atoms with Gasteiger partial charge in [0.05, 0.1) is 17.9 Å². The predicted molar refractivity (Wildman–Crippen MR) is 56.9 cm³/mol. The Hall–Kier alpha value is -1.19. The van der Waals surface area contributed by atoms with Gasteiger partial charge in [0, 0.05) is 18.7 Å². The molecule has 0 aliphatic heterocycles. The van der Waals surface area contributed by atoms with Crippen molar-refractivity contribution in [1.29, 1.82) is 0 Å². The summed E-state index contributed by atoms with van der Waals surface area (Å²) in [5, 5.41) is 4.25. The number of rotatable bonds is 5. The number of halogens is 1. The van der Waals surface area contributed by atoms with Crippen LogP contribution in [-0.4, -0.2) is 22.2 Å². The van der Waals surface area contributed by atoms with Crippen LogP contribution in [0.3, 0.4) is 0 Å². The molecule has 3 nitrogen and oxygen atoms in total. The van der Waals surface area contributed by atoms with Crippen molar-refractivity contribution in [2.24, 2.45) is 0 Å². The van der Waals surface area contributed by atoms with E-state index >= 15 is 0 Å². The third-order valence-electron chi connectivity index (χ3n) is 2.48. The van der Waals surface area contributed by atoms with Gasteiger partial charge in [0.1, 0.15) is 0 Å². The van der Waals surface area contributed by atoms with Crippen LogP contribution >= 0.6 is 0 Å². The minimum atomic E-state index is -0.352. The van der Waals surface area contributed by atoms with E-state index in [1.54, 1.807) is 4.68 Å². The fourth-order valence-electron chi connectivity index (χ4n) is 1.70. The molecule has 0 aromatic carbocycles. The van der Waals surface area contributed by atoms with Crippen molar-refractivity contribution in [3.63, 3.8) is 0 Å². The van der Waals surface area contributed by atoms with Crippen molar-refractivity contribution in [2.75, 3.05) is 6.67 Å². The lowest BCUT2D eigenvalue weighted by Gasteiger charge is -2.02. The van der Waals surface area contributed by atoms with Crippen molar-refractivity contribution >= 4 is 5.78 Å². The maximum atomic E-state index is 12.0. The van der Waals surface area contributed by atoms with Gasteiger partial charge in [-0.05, 0) is 20.3 Å². The fraction of sp³-hybridized carbons (Fsp3) is 0.636. The second-order valence-corrected chi connectivity index (χ2v) is 3.59. The lowest BCUT2D eigenvalue weighted by atomic mass is 10.1. The van der Waals surface area contributed by atoms with Crippen LogP contribution < -0.4 is 0 Å². The summed E-state index contributed by atoms with van der Waals surface area (Å²) >= 11 is 0. The van der Waals surface area contributed by atoms with Crippen LogP contribution in [0.25, 0.3) is 0 Å². The number of hydrogen-bond donors (Lipinski definition) is 0. The summed E-state index contributed by atoms with van der Waals surface area (Å²) in [5.41, 5.74) is 2.31. The van der Waals surface area contributed by atoms with Gasteiger partial charge < -0.3 is 0 Å². The van der Waals surface area contributed by atoms with Crippen LogP contribution in [-0.2, 0) is 6.54 Å². The fourth-order valence-corrected chi connectivity index (χ4v) is 1.70. The highest BCUT2D eigenvalue weighted by Gasteiger charge is 2.16. The van der Waals surface area contributed by atoms with Crippen LogP contribution in [0.5, 0.6) is 0 Å². The summed E-state index contributed by atoms with van der Waals surface area (Å²) in [5.74, 6) is 0.108. The van der Waals surface area contributed by atoms with Crippen LogP contribution in [0, 0.1) is 13.8 Å². The number of nitrogens with zero attached hydrogens (tertiary/aromatic N) is 2. The van der Waals surface area contributed by atoms with Crippen molar-refractivity contribution in [3.05, 3.63) is 17.0 Å². The molecule has 4 heteroatoms. The van der Waals surface area contributed by atoms with Gasteiger partial charge in [-0.1, -0.05) is 6.92 Å². The second kappa shape index (κ2) is 5.05. The van der Waals surface area contributed by atoms with Gasteiger partial charge in [-0.15, -0.1) is 0 Å². The smallest absolute Gasteiger partial charge is 0.166 e. The number of carbonyl (C=O) groups excluding carboxylic acids is 1. The first-order valence-electron chi connectivity index (χ1n) is 5.25. The zero-order valence-corrected chi connectivity index (χ0v) is 9.51. The van der Waals surface area contributed by atoms with Gasteiger partial charge in [-0.3, -0.25) is 13.9 Å². The number of aryl methyl sites for hydroxylation is 2. The van der Waals surface area contributed by atoms with Gasteiger partial charge in [-0.25, -0.2) is 0 Å². The molecule has 0 saturated heterocycles. The average Bonchev–Trinajstić information content (AvgIpc) is 2.50. The lowest BCUT2D eigenvalue weighted by Crippen LogP contribution is -2.05. The van der Waals surface area contributed by atoms with E-state index in [-0.39, 0.29) is 12.5 Å². The lowest BCUT2D eigenvalue weighted by molar-refractivity contribution is 0.0987. The first kappa shape index (κ1) is 11.9. The first-order chi connectivity index (χ1) is 7.11. The standard InChI is InChI=1S/C11H17FN2O/c1-4-10(15)11-8(2)13-14(9(11)3)7-5-6-12/h4-7H2,1-3H3. The Kier molecular flexibility index (Phi) is 4.00. The Morgan fingerprint density at radius 1 is 1.47 bits per heavy atom. The van der Waals surface area contributed by atoms with Gasteiger partial charge in [0.15, 0.2) is 5.78 Å². The van der Waals surface area contributed by atoms with Gasteiger partial charge in [0.25, 0.3) is 0 Å². The van der Waals surface area contributed by atoms with Crippen LogP contribution in [0.15, 0.2) is 0 Å². The zero-order chi connectivity index (χ0) is 11.4. The molecule has 0 aliphatic rings. The van der Waals surface area contributed by atoms with E-state index in [2.05, 4.69) is 5.10 Å². The molecule has 0 saturated carbocycles. The summed E-state index contributed by atoms with van der Waals surface area (Å²) in [6.45, 7) is 5.71. The molecule has 0 unspecified atom stereocenters. The average molecular weight is 212 g/mol. The molecular formula is C11H17FN2O. The Labute approximate surface area is 89.3 Å². The van der Waals surface area contributed by atoms with E-state index in [1.807, 2.05) is 20.8 Å². The number of ketones is 1. The monoisotopic (exact) mass is 212 g/mol. The zero-order valence-electron chi connectivity index (χ0n) is 9.51. The van der Waals surface area contributed by atoms with E-state index in [0.717, 1.165) is 11.4 Å². The van der Waals surface area contributed by atoms with Crippen molar-refractivity contribution in [2.45, 2.75) is 40.2 Å². The maximum absolute atomic E-state index is 12.0. The molecular weight excluding hydrogens is 195 g/mol. The topological polar surface area (TPSA) is 34.9 Å². The highest BCUT2D eigenvalue weighted by atomic mass is 19.1. The summed E-state index contributed by atoms with van der Waals surface area (Å²) < 4.78 is 13.8. The summed E-state index contributed by atoms with van der Waals surface area (Å²) in [6, 6.07) is 0. The minimum Gasteiger partial charge on any atom is -0.294 e. The van der Waals surface area contributed by atoms with E-state index in [1.165, 1.54) is 0 Å². The quantitative estimate of drug-likeness (QED) is 0.703. The largest absolute Gasteiger partial charge is 0.294 e. The molecule has 15 heavy (non-hydrogen) atoms. The van der Waals surface area contributed by atoms with Gasteiger partial charge in [-0.2, -0.15) is 5.10 Å². The molecule has 1 heterocycles. The highest BCUT2D eigenvalue weighted by Crippen LogP contribution is 2.15. The minimum absolute atomic E-state index is 0.108.